The molecular weight excluding hydrogens is 334 g/mol. The van der Waals surface area contributed by atoms with Crippen molar-refractivity contribution in [2.45, 2.75) is 20.0 Å². The van der Waals surface area contributed by atoms with Crippen LogP contribution in [0.4, 0.5) is 0 Å². The van der Waals surface area contributed by atoms with E-state index >= 15 is 0 Å². The molecule has 3 aromatic rings. The van der Waals surface area contributed by atoms with Gasteiger partial charge in [-0.2, -0.15) is 0 Å². The zero-order valence-corrected chi connectivity index (χ0v) is 15.0. The monoisotopic (exact) mass is 355 g/mol. The summed E-state index contributed by atoms with van der Waals surface area (Å²) in [5.41, 5.74) is 1.87. The lowest BCUT2D eigenvalue weighted by molar-refractivity contribution is 0.0621. The van der Waals surface area contributed by atoms with E-state index in [2.05, 4.69) is 15.6 Å². The van der Waals surface area contributed by atoms with Crippen molar-refractivity contribution in [2.75, 3.05) is 19.8 Å². The van der Waals surface area contributed by atoms with E-state index in [0.717, 1.165) is 27.9 Å². The molecule has 0 bridgehead atoms. The maximum Gasteiger partial charge on any atom is 0.255 e. The van der Waals surface area contributed by atoms with Crippen LogP contribution >= 0.6 is 11.3 Å². The summed E-state index contributed by atoms with van der Waals surface area (Å²) in [5.74, 6) is 0.359. The molecule has 1 atom stereocenters. The number of benzene rings is 1. The molecule has 25 heavy (non-hydrogen) atoms. The third-order valence-electron chi connectivity index (χ3n) is 4.64. The maximum atomic E-state index is 13.2. The number of nitrogens with zero attached hydrogens (tertiary/aromatic N) is 3. The summed E-state index contributed by atoms with van der Waals surface area (Å²) in [6, 6.07) is 8.09. The first-order valence-electron chi connectivity index (χ1n) is 8.58. The topological polar surface area (TPSA) is 47.4 Å². The molecule has 3 heterocycles. The number of ether oxygens (including phenoxy) is 1. The minimum atomic E-state index is 0.0913. The van der Waals surface area contributed by atoms with Crippen molar-refractivity contribution in [3.63, 3.8) is 0 Å². The van der Waals surface area contributed by atoms with Crippen LogP contribution in [0.15, 0.2) is 42.2 Å². The molecule has 0 N–H and O–H groups in total. The number of hydrogen-bond donors (Lipinski definition) is 0. The second-order valence-electron chi connectivity index (χ2n) is 6.39. The van der Waals surface area contributed by atoms with Gasteiger partial charge in [-0.15, -0.1) is 11.3 Å². The second kappa shape index (κ2) is 6.98. The minimum absolute atomic E-state index is 0.0913. The van der Waals surface area contributed by atoms with E-state index in [9.17, 15) is 4.79 Å². The van der Waals surface area contributed by atoms with Crippen molar-refractivity contribution < 1.29 is 9.53 Å². The highest BCUT2D eigenvalue weighted by Gasteiger charge is 2.27. The quantitative estimate of drug-likeness (QED) is 0.721. The molecule has 1 aliphatic heterocycles. The van der Waals surface area contributed by atoms with Crippen LogP contribution in [0.2, 0.25) is 0 Å². The summed E-state index contributed by atoms with van der Waals surface area (Å²) in [6.07, 6.45) is 3.71. The van der Waals surface area contributed by atoms with E-state index in [1.807, 2.05) is 47.9 Å². The molecule has 1 aromatic carbocycles. The van der Waals surface area contributed by atoms with Gasteiger partial charge in [0.05, 0.1) is 30.7 Å². The molecule has 1 amide bonds. The van der Waals surface area contributed by atoms with Crippen LogP contribution in [-0.2, 0) is 17.8 Å². The largest absolute Gasteiger partial charge is 0.381 e. The Balaban J connectivity index is 1.64. The van der Waals surface area contributed by atoms with Gasteiger partial charge in [0.25, 0.3) is 5.91 Å². The highest BCUT2D eigenvalue weighted by Crippen LogP contribution is 2.28. The molecule has 4 rings (SSSR count). The van der Waals surface area contributed by atoms with Crippen LogP contribution < -0.4 is 0 Å². The number of hydrogen-bond acceptors (Lipinski definition) is 4. The molecule has 0 aliphatic carbocycles. The van der Waals surface area contributed by atoms with Gasteiger partial charge in [0.2, 0.25) is 0 Å². The Kier molecular flexibility index (Phi) is 4.55. The Hall–Kier alpha value is -2.18. The highest BCUT2D eigenvalue weighted by atomic mass is 32.1. The Morgan fingerprint density at radius 3 is 3.12 bits per heavy atom. The number of fused-ring (bicyclic) bond motifs is 2. The van der Waals surface area contributed by atoms with Crippen molar-refractivity contribution in [3.05, 3.63) is 53.4 Å². The van der Waals surface area contributed by atoms with E-state index in [-0.39, 0.29) is 11.8 Å². The van der Waals surface area contributed by atoms with Gasteiger partial charge in [-0.3, -0.25) is 4.79 Å². The number of carbonyl (C=O) groups is 1. The first-order valence-corrected chi connectivity index (χ1v) is 9.46. The van der Waals surface area contributed by atoms with Crippen LogP contribution in [0.1, 0.15) is 23.0 Å². The van der Waals surface area contributed by atoms with Crippen molar-refractivity contribution in [1.29, 1.82) is 0 Å². The van der Waals surface area contributed by atoms with Gasteiger partial charge in [0, 0.05) is 47.3 Å². The molecule has 130 valence electrons. The van der Waals surface area contributed by atoms with Gasteiger partial charge in [-0.1, -0.05) is 18.2 Å². The summed E-state index contributed by atoms with van der Waals surface area (Å²) >= 11 is 1.62. The second-order valence-corrected chi connectivity index (χ2v) is 7.31. The Bertz CT molecular complexity index is 886. The number of carbonyl (C=O) groups excluding carboxylic acids is 1. The minimum Gasteiger partial charge on any atom is -0.381 e. The van der Waals surface area contributed by atoms with Crippen molar-refractivity contribution in [2.24, 2.45) is 5.92 Å². The molecule has 6 heteroatoms. The van der Waals surface area contributed by atoms with Crippen LogP contribution in [-0.4, -0.2) is 40.1 Å². The molecule has 0 fully saturated rings. The van der Waals surface area contributed by atoms with E-state index in [1.165, 1.54) is 0 Å². The fourth-order valence-electron chi connectivity index (χ4n) is 3.41. The number of amides is 1. The van der Waals surface area contributed by atoms with E-state index in [0.29, 0.717) is 26.3 Å². The highest BCUT2D eigenvalue weighted by molar-refractivity contribution is 7.17. The van der Waals surface area contributed by atoms with E-state index < -0.39 is 0 Å². The van der Waals surface area contributed by atoms with Crippen molar-refractivity contribution >= 4 is 27.3 Å². The van der Waals surface area contributed by atoms with Gasteiger partial charge in [0.1, 0.15) is 0 Å². The predicted octanol–water partition coefficient (Wildman–Crippen LogP) is 3.41. The van der Waals surface area contributed by atoms with Gasteiger partial charge >= 0.3 is 0 Å². The van der Waals surface area contributed by atoms with Crippen LogP contribution in [0.3, 0.4) is 0 Å². The molecule has 1 aliphatic rings. The average Bonchev–Trinajstić information content (AvgIpc) is 3.21. The summed E-state index contributed by atoms with van der Waals surface area (Å²) in [6.45, 7) is 5.47. The smallest absolute Gasteiger partial charge is 0.255 e. The lowest BCUT2D eigenvalue weighted by Crippen LogP contribution is -2.35. The van der Waals surface area contributed by atoms with Crippen molar-refractivity contribution in [1.82, 2.24) is 14.5 Å². The number of imidazole rings is 1. The maximum absolute atomic E-state index is 13.2. The fourth-order valence-corrected chi connectivity index (χ4v) is 4.34. The van der Waals surface area contributed by atoms with E-state index in [4.69, 9.17) is 4.74 Å². The Morgan fingerprint density at radius 2 is 2.24 bits per heavy atom. The standard InChI is InChI=1S/C19H21N3O2S/c1-2-24-11-14-8-21(10-15-7-20-13-22(15)9-14)19(23)17-12-25-18-6-4-3-5-16(17)18/h3-7,12-14H,2,8-11H2,1H3. The average molecular weight is 355 g/mol. The fraction of sp³-hybridized carbons (Fsp3) is 0.368. The summed E-state index contributed by atoms with van der Waals surface area (Å²) in [4.78, 5) is 19.4. The summed E-state index contributed by atoms with van der Waals surface area (Å²) in [7, 11) is 0. The zero-order valence-electron chi connectivity index (χ0n) is 14.2. The van der Waals surface area contributed by atoms with Gasteiger partial charge in [-0.25, -0.2) is 4.98 Å². The Labute approximate surface area is 150 Å². The van der Waals surface area contributed by atoms with Gasteiger partial charge < -0.3 is 14.2 Å². The Morgan fingerprint density at radius 1 is 1.36 bits per heavy atom. The molecule has 0 saturated carbocycles. The van der Waals surface area contributed by atoms with Crippen LogP contribution in [0, 0.1) is 5.92 Å². The van der Waals surface area contributed by atoms with Crippen LogP contribution in [0.5, 0.6) is 0 Å². The lowest BCUT2D eigenvalue weighted by atomic mass is 10.1. The number of rotatable bonds is 4. The van der Waals surface area contributed by atoms with Gasteiger partial charge in [0.15, 0.2) is 0 Å². The van der Waals surface area contributed by atoms with Gasteiger partial charge in [-0.05, 0) is 13.0 Å². The van der Waals surface area contributed by atoms with Crippen molar-refractivity contribution in [3.8, 4) is 0 Å². The third kappa shape index (κ3) is 3.19. The normalized spacial score (nSPS) is 17.5. The SMILES string of the molecule is CCOCC1CN(C(=O)c2csc3ccccc23)Cc2cncn2C1. The molecule has 2 aromatic heterocycles. The summed E-state index contributed by atoms with van der Waals surface area (Å²) in [5, 5.41) is 3.02. The van der Waals surface area contributed by atoms with E-state index in [1.54, 1.807) is 11.3 Å². The zero-order chi connectivity index (χ0) is 17.2. The molecule has 5 nitrogen and oxygen atoms in total. The number of aromatic nitrogens is 2. The molecule has 0 spiro atoms. The first-order chi connectivity index (χ1) is 12.3. The third-order valence-corrected chi connectivity index (χ3v) is 5.60. The molecule has 0 saturated heterocycles. The predicted molar refractivity (Wildman–Crippen MR) is 98.8 cm³/mol. The first kappa shape index (κ1) is 16.3. The summed E-state index contributed by atoms with van der Waals surface area (Å²) < 4.78 is 8.93. The molecular formula is C19H21N3O2S. The number of thiophene rings is 1. The lowest BCUT2D eigenvalue weighted by Gasteiger charge is -2.24. The molecule has 1 unspecified atom stereocenters. The van der Waals surface area contributed by atoms with Crippen LogP contribution in [0.25, 0.3) is 10.1 Å². The molecule has 0 radical (unpaired) electrons.